The Hall–Kier alpha value is -1.04. The van der Waals surface area contributed by atoms with Crippen LogP contribution < -0.4 is 20.4 Å². The third kappa shape index (κ3) is 66.9. The van der Waals surface area contributed by atoms with E-state index in [1.807, 2.05) is 0 Å². The summed E-state index contributed by atoms with van der Waals surface area (Å²) in [7, 11) is 0. The molecular weight excluding hydrogens is 750 g/mol. The fraction of sp³-hybridized carbons (Fsp3) is 0.750. The van der Waals surface area contributed by atoms with Crippen molar-refractivity contribution in [2.75, 3.05) is 0 Å². The van der Waals surface area contributed by atoms with Gasteiger partial charge in [-0.1, -0.05) is 0 Å². The van der Waals surface area contributed by atoms with Crippen LogP contribution in [0.4, 0.5) is 0 Å². The summed E-state index contributed by atoms with van der Waals surface area (Å²) in [5.41, 5.74) is 0. The summed E-state index contributed by atoms with van der Waals surface area (Å²) < 4.78 is 6.56. The predicted octanol–water partition coefficient (Wildman–Crippen LogP) is 3.46. The Kier molecular flexibility index (Phi) is 50.6. The van der Waals surface area contributed by atoms with E-state index in [-0.39, 0.29) is 42.3 Å². The van der Waals surface area contributed by atoms with Gasteiger partial charge in [0.1, 0.15) is 0 Å². The van der Waals surface area contributed by atoms with Crippen LogP contribution in [0.2, 0.25) is 17.7 Å². The van der Waals surface area contributed by atoms with Crippen LogP contribution >= 0.6 is 0 Å². The number of carbonyl (C=O) groups excluding carboxylic acids is 4. The number of carboxylic acid groups (broad SMARTS) is 4. The molecule has 0 heterocycles. The van der Waals surface area contributed by atoms with Gasteiger partial charge in [0, 0.05) is 0 Å². The number of aliphatic carboxylic acids is 4. The number of hydrogen-bond donors (Lipinski definition) is 0. The molecule has 0 radical (unpaired) electrons. The van der Waals surface area contributed by atoms with Crippen molar-refractivity contribution in [2.24, 2.45) is 0 Å². The number of rotatable bonds is 24. The van der Waals surface area contributed by atoms with E-state index in [4.69, 9.17) is 0 Å². The quantitative estimate of drug-likeness (QED) is 0.0815. The van der Waals surface area contributed by atoms with Crippen molar-refractivity contribution in [3.63, 3.8) is 0 Å². The summed E-state index contributed by atoms with van der Waals surface area (Å²) >= 11 is 0.223. The second-order valence-electron chi connectivity index (χ2n) is 9.69. The molecular formula is C32H56O8Sn2. The topological polar surface area (TPSA) is 161 Å². The fourth-order valence-corrected chi connectivity index (χ4v) is 10.9. The zero-order valence-corrected chi connectivity index (χ0v) is 32.4. The van der Waals surface area contributed by atoms with Crippen molar-refractivity contribution in [3.8, 4) is 0 Å². The van der Waals surface area contributed by atoms with Crippen molar-refractivity contribution in [2.45, 2.75) is 148 Å². The average molecular weight is 806 g/mol. The van der Waals surface area contributed by atoms with Gasteiger partial charge in [-0.05, 0) is 24.3 Å². The van der Waals surface area contributed by atoms with E-state index in [9.17, 15) is 39.6 Å². The van der Waals surface area contributed by atoms with Gasteiger partial charge in [-0.3, -0.25) is 0 Å². The Morgan fingerprint density at radius 1 is 0.381 bits per heavy atom. The molecule has 42 heavy (non-hydrogen) atoms. The van der Waals surface area contributed by atoms with Gasteiger partial charge in [0.25, 0.3) is 0 Å². The normalized spacial score (nSPS) is 9.81. The molecule has 8 nitrogen and oxygen atoms in total. The molecule has 0 amide bonds. The van der Waals surface area contributed by atoms with Gasteiger partial charge in [-0.2, -0.15) is 0 Å². The summed E-state index contributed by atoms with van der Waals surface area (Å²) in [4.78, 5) is 37.7. The molecule has 10 heteroatoms. The molecule has 0 aliphatic rings. The van der Waals surface area contributed by atoms with E-state index in [1.165, 1.54) is 89.9 Å². The molecule has 0 aromatic rings. The standard InChI is InChI=1S/2C8H17.2C4H4O4.2C4H9.2Sn/c2*1-3-5-7-8-6-4-2;2*5-3(6)1-2-4(7)8;2*1-3-4-2;;/h2*1,3-8H2,2H3;2*1-2H,(H,5,6)(H,7,8);2*1,3-4H2,2H3;;/q;;;;;;2*+2/p-4. The molecule has 0 N–H and O–H groups in total. The first kappa shape index (κ1) is 47.9. The van der Waals surface area contributed by atoms with Crippen LogP contribution in [0.3, 0.4) is 0 Å². The molecule has 0 atom stereocenters. The van der Waals surface area contributed by atoms with Crippen molar-refractivity contribution >= 4 is 66.2 Å². The maximum Gasteiger partial charge on any atom is 0.0643 e. The van der Waals surface area contributed by atoms with Crippen LogP contribution in [0.1, 0.15) is 130 Å². The summed E-state index contributed by atoms with van der Waals surface area (Å²) in [5, 5.41) is 37.7. The van der Waals surface area contributed by atoms with E-state index in [2.05, 4.69) is 27.7 Å². The van der Waals surface area contributed by atoms with E-state index in [1.54, 1.807) is 30.6 Å². The monoisotopic (exact) mass is 808 g/mol. The maximum atomic E-state index is 9.41. The molecule has 0 fully saturated rings. The van der Waals surface area contributed by atoms with Crippen LogP contribution in [0.25, 0.3) is 0 Å². The van der Waals surface area contributed by atoms with Crippen LogP contribution in [-0.4, -0.2) is 66.2 Å². The Morgan fingerprint density at radius 3 is 0.833 bits per heavy atom. The van der Waals surface area contributed by atoms with E-state index < -0.39 is 23.9 Å². The van der Waals surface area contributed by atoms with E-state index in [0.717, 1.165) is 0 Å². The molecule has 0 aliphatic carbocycles. The number of hydrogen-bond acceptors (Lipinski definition) is 8. The molecule has 0 aromatic carbocycles. The smallest absolute Gasteiger partial charge is 0.0643 e. The second kappa shape index (κ2) is 44.4. The Balaban J connectivity index is -0.000000246. The number of carbonyl (C=O) groups is 4. The summed E-state index contributed by atoms with van der Waals surface area (Å²) in [6.07, 6.45) is 25.2. The van der Waals surface area contributed by atoms with Gasteiger partial charge in [0.15, 0.2) is 0 Å². The minimum Gasteiger partial charge on any atom is -0.545 e. The zero-order chi connectivity index (χ0) is 32.7. The fourth-order valence-electron chi connectivity index (χ4n) is 3.19. The third-order valence-electron chi connectivity index (χ3n) is 5.54. The Morgan fingerprint density at radius 2 is 0.595 bits per heavy atom. The van der Waals surface area contributed by atoms with Gasteiger partial charge in [-0.15, -0.1) is 0 Å². The largest absolute Gasteiger partial charge is 0.545 e. The molecule has 0 spiro atoms. The van der Waals surface area contributed by atoms with Crippen LogP contribution in [-0.2, 0) is 19.2 Å². The maximum absolute atomic E-state index is 9.41. The first-order valence-corrected chi connectivity index (χ1v) is 23.8. The Labute approximate surface area is 276 Å². The first-order chi connectivity index (χ1) is 20.1. The first-order valence-electron chi connectivity index (χ1n) is 15.7. The number of carboxylic acids is 4. The average Bonchev–Trinajstić information content (AvgIpc) is 2.94. The van der Waals surface area contributed by atoms with Gasteiger partial charge in [0.05, 0.1) is 23.9 Å². The summed E-state index contributed by atoms with van der Waals surface area (Å²) in [6.45, 7) is 9.18. The van der Waals surface area contributed by atoms with Gasteiger partial charge < -0.3 is 39.6 Å². The van der Waals surface area contributed by atoms with Crippen LogP contribution in [0.5, 0.6) is 0 Å². The number of unbranched alkanes of at least 4 members (excludes halogenated alkanes) is 12. The van der Waals surface area contributed by atoms with Crippen molar-refractivity contribution < 1.29 is 39.6 Å². The van der Waals surface area contributed by atoms with Crippen molar-refractivity contribution in [1.29, 1.82) is 0 Å². The second-order valence-corrected chi connectivity index (χ2v) is 18.2. The molecule has 0 bridgehead atoms. The Bertz CT molecular complexity index is 581. The van der Waals surface area contributed by atoms with Gasteiger partial charge in [0.2, 0.25) is 0 Å². The van der Waals surface area contributed by atoms with Crippen molar-refractivity contribution in [3.05, 3.63) is 24.3 Å². The van der Waals surface area contributed by atoms with Crippen molar-refractivity contribution in [1.82, 2.24) is 0 Å². The van der Waals surface area contributed by atoms with E-state index >= 15 is 0 Å². The van der Waals surface area contributed by atoms with Crippen LogP contribution in [0, 0.1) is 0 Å². The zero-order valence-electron chi connectivity index (χ0n) is 26.7. The molecule has 0 aliphatic heterocycles. The SMILES string of the molecule is CCCCCCC[CH2][Sn+2][CH2]CCCCCCC.CCC[CH2][Sn+2][CH2]CCC.O=C([O-])C=CC(=O)[O-].O=C([O-])C=CC(=O)[O-]. The molecule has 240 valence electrons. The van der Waals surface area contributed by atoms with Gasteiger partial charge >= 0.3 is 190 Å². The molecule has 0 saturated carbocycles. The minimum absolute atomic E-state index is 0.0736. The third-order valence-corrected chi connectivity index (χ3v) is 13.6. The molecule has 0 saturated heterocycles. The predicted molar refractivity (Wildman–Crippen MR) is 166 cm³/mol. The van der Waals surface area contributed by atoms with E-state index in [0.29, 0.717) is 24.3 Å². The van der Waals surface area contributed by atoms with Crippen LogP contribution in [0.15, 0.2) is 24.3 Å². The summed E-state index contributed by atoms with van der Waals surface area (Å²) in [5.74, 6) is -6.19. The van der Waals surface area contributed by atoms with Gasteiger partial charge in [-0.25, -0.2) is 0 Å². The molecule has 0 unspecified atom stereocenters. The minimum atomic E-state index is -1.55. The molecule has 0 aromatic heterocycles. The summed E-state index contributed by atoms with van der Waals surface area (Å²) in [6, 6.07) is 0. The molecule has 0 rings (SSSR count).